The molecule has 1 aromatic carbocycles. The quantitative estimate of drug-likeness (QED) is 0.386. The number of nitrogens with zero attached hydrogens (tertiary/aromatic N) is 1. The zero-order valence-corrected chi connectivity index (χ0v) is 11.5. The molecule has 3 N–H and O–H groups in total. The Kier molecular flexibility index (Phi) is 4.44. The number of nitrogens with two attached hydrogens (primary N) is 1. The first kappa shape index (κ1) is 14.6. The SMILES string of the molecule is CC1CC(Oc2ccc(F)cc2/C(N)=N/O)CC(C)O1. The largest absolute Gasteiger partial charge is 0.489 e. The van der Waals surface area contributed by atoms with Crippen LogP contribution in [0, 0.1) is 5.82 Å². The molecule has 2 unspecified atom stereocenters. The molecule has 0 aliphatic carbocycles. The molecule has 0 aromatic heterocycles. The Morgan fingerprint density at radius 3 is 2.65 bits per heavy atom. The zero-order chi connectivity index (χ0) is 14.7. The molecule has 20 heavy (non-hydrogen) atoms. The van der Waals surface area contributed by atoms with E-state index in [1.807, 2.05) is 13.8 Å². The average molecular weight is 282 g/mol. The number of amidine groups is 1. The summed E-state index contributed by atoms with van der Waals surface area (Å²) in [5, 5.41) is 11.7. The van der Waals surface area contributed by atoms with Gasteiger partial charge in [-0.3, -0.25) is 0 Å². The molecule has 0 spiro atoms. The van der Waals surface area contributed by atoms with Crippen LogP contribution in [0.25, 0.3) is 0 Å². The lowest BCUT2D eigenvalue weighted by Crippen LogP contribution is -2.36. The van der Waals surface area contributed by atoms with E-state index in [1.54, 1.807) is 0 Å². The Hall–Kier alpha value is -1.82. The zero-order valence-electron chi connectivity index (χ0n) is 11.5. The smallest absolute Gasteiger partial charge is 0.173 e. The lowest BCUT2D eigenvalue weighted by molar-refractivity contribution is -0.0721. The molecule has 2 rings (SSSR count). The molecule has 0 bridgehead atoms. The second kappa shape index (κ2) is 6.09. The first-order valence-electron chi connectivity index (χ1n) is 6.59. The van der Waals surface area contributed by atoms with E-state index < -0.39 is 5.82 Å². The van der Waals surface area contributed by atoms with E-state index in [0.29, 0.717) is 5.75 Å². The van der Waals surface area contributed by atoms with Gasteiger partial charge in [-0.1, -0.05) is 5.16 Å². The molecule has 1 aliphatic heterocycles. The summed E-state index contributed by atoms with van der Waals surface area (Å²) < 4.78 is 24.8. The molecular formula is C14H19FN2O3. The van der Waals surface area contributed by atoms with Crippen molar-refractivity contribution in [1.82, 2.24) is 0 Å². The molecular weight excluding hydrogens is 263 g/mol. The van der Waals surface area contributed by atoms with E-state index in [-0.39, 0.29) is 29.7 Å². The first-order chi connectivity index (χ1) is 9.49. The molecule has 110 valence electrons. The Balaban J connectivity index is 2.20. The molecule has 6 heteroatoms. The molecule has 1 aliphatic rings. The maximum absolute atomic E-state index is 13.3. The normalized spacial score (nSPS) is 27.4. The summed E-state index contributed by atoms with van der Waals surface area (Å²) in [5.74, 6) is -0.228. The summed E-state index contributed by atoms with van der Waals surface area (Å²) >= 11 is 0. The number of hydrogen-bond acceptors (Lipinski definition) is 4. The van der Waals surface area contributed by atoms with Crippen LogP contribution >= 0.6 is 0 Å². The van der Waals surface area contributed by atoms with Crippen molar-refractivity contribution in [3.8, 4) is 5.75 Å². The lowest BCUT2D eigenvalue weighted by Gasteiger charge is -2.32. The van der Waals surface area contributed by atoms with Crippen molar-refractivity contribution in [1.29, 1.82) is 0 Å². The molecule has 1 saturated heterocycles. The molecule has 0 amide bonds. The highest BCUT2D eigenvalue weighted by atomic mass is 19.1. The number of rotatable bonds is 3. The molecule has 0 saturated carbocycles. The van der Waals surface area contributed by atoms with Crippen LogP contribution in [0.4, 0.5) is 4.39 Å². The van der Waals surface area contributed by atoms with Crippen molar-refractivity contribution < 1.29 is 19.1 Å². The van der Waals surface area contributed by atoms with Crippen LogP contribution in [0.2, 0.25) is 0 Å². The van der Waals surface area contributed by atoms with Crippen molar-refractivity contribution in [2.75, 3.05) is 0 Å². The highest BCUT2D eigenvalue weighted by Gasteiger charge is 2.26. The van der Waals surface area contributed by atoms with Crippen molar-refractivity contribution in [2.45, 2.75) is 45.0 Å². The Bertz CT molecular complexity index is 497. The van der Waals surface area contributed by atoms with Gasteiger partial charge in [0.05, 0.1) is 17.8 Å². The molecule has 2 atom stereocenters. The summed E-state index contributed by atoms with van der Waals surface area (Å²) in [6.07, 6.45) is 1.67. The second-order valence-electron chi connectivity index (χ2n) is 5.09. The van der Waals surface area contributed by atoms with Gasteiger partial charge in [-0.2, -0.15) is 0 Å². The van der Waals surface area contributed by atoms with Crippen LogP contribution in [-0.2, 0) is 4.74 Å². The van der Waals surface area contributed by atoms with Gasteiger partial charge in [-0.15, -0.1) is 0 Å². The maximum Gasteiger partial charge on any atom is 0.173 e. The van der Waals surface area contributed by atoms with Crippen molar-refractivity contribution in [3.05, 3.63) is 29.6 Å². The highest BCUT2D eigenvalue weighted by molar-refractivity contribution is 5.99. The van der Waals surface area contributed by atoms with Gasteiger partial charge in [0.15, 0.2) is 5.84 Å². The fourth-order valence-electron chi connectivity index (χ4n) is 2.48. The number of benzene rings is 1. The summed E-state index contributed by atoms with van der Waals surface area (Å²) in [6.45, 7) is 3.97. The lowest BCUT2D eigenvalue weighted by atomic mass is 10.0. The van der Waals surface area contributed by atoms with E-state index in [9.17, 15) is 4.39 Å². The van der Waals surface area contributed by atoms with Crippen LogP contribution in [0.1, 0.15) is 32.3 Å². The molecule has 1 heterocycles. The summed E-state index contributed by atoms with van der Waals surface area (Å²) in [4.78, 5) is 0. The van der Waals surface area contributed by atoms with Crippen LogP contribution in [-0.4, -0.2) is 29.4 Å². The van der Waals surface area contributed by atoms with Crippen LogP contribution in [0.5, 0.6) is 5.75 Å². The van der Waals surface area contributed by atoms with Crippen LogP contribution in [0.3, 0.4) is 0 Å². The summed E-state index contributed by atoms with van der Waals surface area (Å²) in [5.41, 5.74) is 5.80. The Morgan fingerprint density at radius 1 is 1.40 bits per heavy atom. The van der Waals surface area contributed by atoms with Gasteiger partial charge >= 0.3 is 0 Å². The molecule has 1 aromatic rings. The second-order valence-corrected chi connectivity index (χ2v) is 5.09. The fourth-order valence-corrected chi connectivity index (χ4v) is 2.48. The predicted molar refractivity (Wildman–Crippen MR) is 72.6 cm³/mol. The minimum Gasteiger partial charge on any atom is -0.489 e. The minimum atomic E-state index is -0.465. The fraction of sp³-hybridized carbons (Fsp3) is 0.500. The van der Waals surface area contributed by atoms with Crippen LogP contribution < -0.4 is 10.5 Å². The highest BCUT2D eigenvalue weighted by Crippen LogP contribution is 2.27. The Morgan fingerprint density at radius 2 is 2.05 bits per heavy atom. The minimum absolute atomic E-state index is 0.0375. The predicted octanol–water partition coefficient (Wildman–Crippen LogP) is 2.25. The van der Waals surface area contributed by atoms with E-state index in [4.69, 9.17) is 20.4 Å². The summed E-state index contributed by atoms with van der Waals surface area (Å²) in [6, 6.07) is 3.97. The van der Waals surface area contributed by atoms with Crippen LogP contribution in [0.15, 0.2) is 23.4 Å². The average Bonchev–Trinajstić information content (AvgIpc) is 2.38. The van der Waals surface area contributed by atoms with Crippen molar-refractivity contribution in [3.63, 3.8) is 0 Å². The third-order valence-corrected chi connectivity index (χ3v) is 3.27. The Labute approximate surface area is 117 Å². The van der Waals surface area contributed by atoms with Gasteiger partial charge in [0, 0.05) is 12.8 Å². The van der Waals surface area contributed by atoms with E-state index >= 15 is 0 Å². The first-order valence-corrected chi connectivity index (χ1v) is 6.59. The van der Waals surface area contributed by atoms with Gasteiger partial charge in [0.1, 0.15) is 17.7 Å². The maximum atomic E-state index is 13.3. The van der Waals surface area contributed by atoms with Gasteiger partial charge in [-0.25, -0.2) is 4.39 Å². The number of hydrogen-bond donors (Lipinski definition) is 2. The number of oxime groups is 1. The molecule has 5 nitrogen and oxygen atoms in total. The summed E-state index contributed by atoms with van der Waals surface area (Å²) in [7, 11) is 0. The third-order valence-electron chi connectivity index (χ3n) is 3.27. The monoisotopic (exact) mass is 282 g/mol. The van der Waals surface area contributed by atoms with E-state index in [2.05, 4.69) is 5.16 Å². The van der Waals surface area contributed by atoms with Gasteiger partial charge in [0.2, 0.25) is 0 Å². The van der Waals surface area contributed by atoms with Gasteiger partial charge < -0.3 is 20.4 Å². The number of ether oxygens (including phenoxy) is 2. The molecule has 0 radical (unpaired) electrons. The van der Waals surface area contributed by atoms with Gasteiger partial charge in [-0.05, 0) is 32.0 Å². The topological polar surface area (TPSA) is 77.1 Å². The van der Waals surface area contributed by atoms with E-state index in [1.165, 1.54) is 18.2 Å². The standard InChI is InChI=1S/C14H19FN2O3/c1-8-5-11(6-9(2)19-8)20-13-4-3-10(15)7-12(13)14(16)17-18/h3-4,7-9,11,18H,5-6H2,1-2H3,(H2,16,17). The van der Waals surface area contributed by atoms with Crippen molar-refractivity contribution in [2.24, 2.45) is 10.9 Å². The molecule has 1 fully saturated rings. The van der Waals surface area contributed by atoms with Gasteiger partial charge in [0.25, 0.3) is 0 Å². The number of halogens is 1. The van der Waals surface area contributed by atoms with E-state index in [0.717, 1.165) is 12.8 Å². The third kappa shape index (κ3) is 3.39. The van der Waals surface area contributed by atoms with Crippen molar-refractivity contribution >= 4 is 5.84 Å².